The van der Waals surface area contributed by atoms with Crippen LogP contribution in [0, 0.1) is 0 Å². The highest BCUT2D eigenvalue weighted by atomic mass is 127. The molecule has 9 heavy (non-hydrogen) atoms. The van der Waals surface area contributed by atoms with Gasteiger partial charge in [0.15, 0.2) is 0 Å². The van der Waals surface area contributed by atoms with Gasteiger partial charge in [-0.15, -0.1) is 0 Å². The van der Waals surface area contributed by atoms with Crippen molar-refractivity contribution in [2.24, 2.45) is 0 Å². The second-order valence-electron chi connectivity index (χ2n) is 2.82. The summed E-state index contributed by atoms with van der Waals surface area (Å²) in [7, 11) is 0. The first-order chi connectivity index (χ1) is 4.30. The first-order valence-electron chi connectivity index (χ1n) is 3.73. The van der Waals surface area contributed by atoms with Crippen LogP contribution < -0.4 is 0 Å². The Morgan fingerprint density at radius 2 is 2.11 bits per heavy atom. The van der Waals surface area contributed by atoms with Crippen molar-refractivity contribution in [3.05, 3.63) is 0 Å². The van der Waals surface area contributed by atoms with Gasteiger partial charge in [-0.1, -0.05) is 12.8 Å². The van der Waals surface area contributed by atoms with Gasteiger partial charge in [0.05, 0.1) is 0 Å². The van der Waals surface area contributed by atoms with Crippen molar-refractivity contribution < 1.29 is 0 Å². The van der Waals surface area contributed by atoms with Crippen LogP contribution in [0.5, 0.6) is 0 Å². The van der Waals surface area contributed by atoms with E-state index in [9.17, 15) is 0 Å². The van der Waals surface area contributed by atoms with Gasteiger partial charge in [-0.05, 0) is 19.8 Å². The zero-order chi connectivity index (χ0) is 6.69. The summed E-state index contributed by atoms with van der Waals surface area (Å²) in [6.45, 7) is 3.61. The molecule has 1 nitrogen and oxygen atoms in total. The first-order valence-corrected chi connectivity index (χ1v) is 4.69. The molecule has 1 aliphatic rings. The number of hydrogen-bond acceptors (Lipinski definition) is 1. The molecule has 0 aromatic rings. The van der Waals surface area contributed by atoms with Crippen molar-refractivity contribution in [1.29, 1.82) is 0 Å². The molecule has 0 aromatic carbocycles. The maximum atomic E-state index is 2.44. The SMILES string of the molecule is C[C@@H]1CCCCCN1I. The molecule has 0 aromatic heterocycles. The molecule has 2 heteroatoms. The molecule has 0 bridgehead atoms. The first kappa shape index (κ1) is 7.79. The van der Waals surface area contributed by atoms with Gasteiger partial charge in [0, 0.05) is 35.5 Å². The molecular formula is C7H14IN. The highest BCUT2D eigenvalue weighted by molar-refractivity contribution is 14.1. The molecule has 0 amide bonds. The molecule has 0 N–H and O–H groups in total. The average molecular weight is 239 g/mol. The minimum absolute atomic E-state index is 0.813. The molecule has 54 valence electrons. The average Bonchev–Trinajstić information content (AvgIpc) is 1.99. The van der Waals surface area contributed by atoms with E-state index in [1.165, 1.54) is 32.2 Å². The zero-order valence-electron chi connectivity index (χ0n) is 5.94. The van der Waals surface area contributed by atoms with Crippen LogP contribution in [-0.2, 0) is 0 Å². The summed E-state index contributed by atoms with van der Waals surface area (Å²) in [6.07, 6.45) is 5.65. The molecule has 0 aliphatic carbocycles. The van der Waals surface area contributed by atoms with Gasteiger partial charge in [-0.25, -0.2) is 3.11 Å². The minimum Gasteiger partial charge on any atom is -0.245 e. The monoisotopic (exact) mass is 239 g/mol. The highest BCUT2D eigenvalue weighted by Gasteiger charge is 2.12. The lowest BCUT2D eigenvalue weighted by Gasteiger charge is -2.17. The third-order valence-corrected chi connectivity index (χ3v) is 3.41. The number of rotatable bonds is 0. The van der Waals surface area contributed by atoms with Gasteiger partial charge >= 0.3 is 0 Å². The third kappa shape index (κ3) is 2.42. The summed E-state index contributed by atoms with van der Waals surface area (Å²) in [6, 6.07) is 0.813. The molecule has 1 atom stereocenters. The van der Waals surface area contributed by atoms with Crippen LogP contribution in [0.1, 0.15) is 32.6 Å². The van der Waals surface area contributed by atoms with E-state index in [2.05, 4.69) is 32.9 Å². The van der Waals surface area contributed by atoms with Gasteiger partial charge in [0.2, 0.25) is 0 Å². The summed E-state index contributed by atoms with van der Waals surface area (Å²) in [5.41, 5.74) is 0. The molecule has 0 saturated carbocycles. The normalized spacial score (nSPS) is 32.0. The predicted molar refractivity (Wildman–Crippen MR) is 48.7 cm³/mol. The molecule has 1 fully saturated rings. The van der Waals surface area contributed by atoms with Gasteiger partial charge in [0.25, 0.3) is 0 Å². The molecule has 1 aliphatic heterocycles. The quantitative estimate of drug-likeness (QED) is 0.464. The van der Waals surface area contributed by atoms with E-state index >= 15 is 0 Å². The van der Waals surface area contributed by atoms with Crippen molar-refractivity contribution in [3.63, 3.8) is 0 Å². The largest absolute Gasteiger partial charge is 0.245 e. The number of hydrogen-bond donors (Lipinski definition) is 0. The van der Waals surface area contributed by atoms with Crippen LogP contribution in [0.25, 0.3) is 0 Å². The standard InChI is InChI=1S/C7H14IN/c1-7-5-3-2-4-6-9(7)8/h7H,2-6H2,1H3/t7-/m1/s1. The maximum Gasteiger partial charge on any atom is 0.0204 e. The second-order valence-corrected chi connectivity index (χ2v) is 4.06. The second kappa shape index (κ2) is 3.76. The Morgan fingerprint density at radius 3 is 2.89 bits per heavy atom. The Labute approximate surface area is 71.3 Å². The Balaban J connectivity index is 2.32. The molecular weight excluding hydrogens is 225 g/mol. The fourth-order valence-corrected chi connectivity index (χ4v) is 1.86. The Bertz CT molecular complexity index is 75.0. The Morgan fingerprint density at radius 1 is 1.33 bits per heavy atom. The van der Waals surface area contributed by atoms with Crippen LogP contribution in [0.3, 0.4) is 0 Å². The van der Waals surface area contributed by atoms with E-state index in [4.69, 9.17) is 0 Å². The van der Waals surface area contributed by atoms with E-state index in [-0.39, 0.29) is 0 Å². The number of nitrogens with zero attached hydrogens (tertiary/aromatic N) is 1. The Kier molecular flexibility index (Phi) is 3.26. The van der Waals surface area contributed by atoms with Crippen molar-refractivity contribution in [1.82, 2.24) is 3.11 Å². The highest BCUT2D eigenvalue weighted by Crippen LogP contribution is 2.18. The lowest BCUT2D eigenvalue weighted by atomic mass is 10.1. The molecule has 1 heterocycles. The smallest absolute Gasteiger partial charge is 0.0204 e. The third-order valence-electron chi connectivity index (χ3n) is 1.97. The van der Waals surface area contributed by atoms with Crippen molar-refractivity contribution in [2.75, 3.05) is 6.54 Å². The van der Waals surface area contributed by atoms with Crippen LogP contribution in [0.15, 0.2) is 0 Å². The van der Waals surface area contributed by atoms with E-state index in [0.29, 0.717) is 0 Å². The summed E-state index contributed by atoms with van der Waals surface area (Å²) in [4.78, 5) is 0. The molecule has 0 unspecified atom stereocenters. The lowest BCUT2D eigenvalue weighted by molar-refractivity contribution is 0.412. The van der Waals surface area contributed by atoms with Crippen LogP contribution in [0.2, 0.25) is 0 Å². The fourth-order valence-electron chi connectivity index (χ4n) is 1.24. The summed E-state index contributed by atoms with van der Waals surface area (Å²) < 4.78 is 2.44. The zero-order valence-corrected chi connectivity index (χ0v) is 8.10. The van der Waals surface area contributed by atoms with Crippen molar-refractivity contribution in [2.45, 2.75) is 38.6 Å². The minimum atomic E-state index is 0.813. The van der Waals surface area contributed by atoms with Gasteiger partial charge in [-0.2, -0.15) is 0 Å². The van der Waals surface area contributed by atoms with Gasteiger partial charge < -0.3 is 0 Å². The molecule has 1 saturated heterocycles. The molecule has 1 rings (SSSR count). The lowest BCUT2D eigenvalue weighted by Crippen LogP contribution is -2.21. The maximum absolute atomic E-state index is 2.44. The van der Waals surface area contributed by atoms with Gasteiger partial charge in [-0.3, -0.25) is 0 Å². The van der Waals surface area contributed by atoms with Crippen LogP contribution in [0.4, 0.5) is 0 Å². The summed E-state index contributed by atoms with van der Waals surface area (Å²) in [5, 5.41) is 0. The summed E-state index contributed by atoms with van der Waals surface area (Å²) >= 11 is 2.44. The fraction of sp³-hybridized carbons (Fsp3) is 1.00. The van der Waals surface area contributed by atoms with Crippen LogP contribution >= 0.6 is 22.9 Å². The Hall–Kier alpha value is 0.690. The number of halogens is 1. The van der Waals surface area contributed by atoms with E-state index in [0.717, 1.165) is 6.04 Å². The van der Waals surface area contributed by atoms with E-state index < -0.39 is 0 Å². The predicted octanol–water partition coefficient (Wildman–Crippen LogP) is 2.60. The molecule has 0 radical (unpaired) electrons. The van der Waals surface area contributed by atoms with Gasteiger partial charge in [0.1, 0.15) is 0 Å². The topological polar surface area (TPSA) is 3.24 Å². The molecule has 0 spiro atoms. The summed E-state index contributed by atoms with van der Waals surface area (Å²) in [5.74, 6) is 0. The van der Waals surface area contributed by atoms with E-state index in [1.807, 2.05) is 0 Å². The van der Waals surface area contributed by atoms with Crippen molar-refractivity contribution >= 4 is 22.9 Å². The van der Waals surface area contributed by atoms with E-state index in [1.54, 1.807) is 0 Å². The van der Waals surface area contributed by atoms with Crippen LogP contribution in [-0.4, -0.2) is 15.7 Å². The van der Waals surface area contributed by atoms with Crippen molar-refractivity contribution in [3.8, 4) is 0 Å².